The Labute approximate surface area is 109 Å². The zero-order chi connectivity index (χ0) is 13.1. The monoisotopic (exact) mass is 304 g/mol. The minimum atomic E-state index is -1.21. The lowest BCUT2D eigenvalue weighted by Crippen LogP contribution is -2.48. The molecule has 0 spiro atoms. The molecule has 1 unspecified atom stereocenters. The van der Waals surface area contributed by atoms with Crippen LogP contribution in [0.2, 0.25) is 0 Å². The lowest BCUT2D eigenvalue weighted by molar-refractivity contribution is -0.145. The maximum absolute atomic E-state index is 11.4. The van der Waals surface area contributed by atoms with Gasteiger partial charge in [0.25, 0.3) is 0 Å². The molecule has 0 aliphatic carbocycles. The highest BCUT2D eigenvalue weighted by Gasteiger charge is 2.37. The second-order valence-corrected chi connectivity index (χ2v) is 5.05. The third-order valence-electron chi connectivity index (χ3n) is 2.53. The van der Waals surface area contributed by atoms with E-state index in [1.54, 1.807) is 19.1 Å². The number of halogens is 1. The van der Waals surface area contributed by atoms with Crippen molar-refractivity contribution in [2.75, 3.05) is 27.2 Å². The van der Waals surface area contributed by atoms with Gasteiger partial charge in [0.15, 0.2) is 10.2 Å². The minimum absolute atomic E-state index is 0.385. The fourth-order valence-corrected chi connectivity index (χ4v) is 1.69. The van der Waals surface area contributed by atoms with E-state index >= 15 is 0 Å². The molecule has 1 heterocycles. The second-order valence-electron chi connectivity index (χ2n) is 4.26. The van der Waals surface area contributed by atoms with Crippen LogP contribution in [0.3, 0.4) is 0 Å². The number of nitrogens with one attached hydrogen (secondary N) is 1. The molecular weight excluding hydrogens is 288 g/mol. The van der Waals surface area contributed by atoms with Crippen molar-refractivity contribution < 1.29 is 14.3 Å². The van der Waals surface area contributed by atoms with Gasteiger partial charge in [0.1, 0.15) is 5.76 Å². The maximum atomic E-state index is 11.4. The zero-order valence-electron chi connectivity index (χ0n) is 10.2. The van der Waals surface area contributed by atoms with Gasteiger partial charge in [-0.05, 0) is 49.1 Å². The molecule has 0 amide bonds. The summed E-state index contributed by atoms with van der Waals surface area (Å²) < 4.78 is 5.85. The molecule has 0 aliphatic heterocycles. The van der Waals surface area contributed by atoms with E-state index in [-0.39, 0.29) is 0 Å². The Bertz CT molecular complexity index is 392. The van der Waals surface area contributed by atoms with E-state index in [4.69, 9.17) is 4.42 Å². The maximum Gasteiger partial charge on any atom is 0.331 e. The lowest BCUT2D eigenvalue weighted by atomic mass is 9.99. The van der Waals surface area contributed by atoms with E-state index in [0.717, 1.165) is 6.54 Å². The van der Waals surface area contributed by atoms with Gasteiger partial charge in [0.05, 0.1) is 0 Å². The molecule has 5 nitrogen and oxygen atoms in total. The van der Waals surface area contributed by atoms with Gasteiger partial charge in [-0.15, -0.1) is 0 Å². The van der Waals surface area contributed by atoms with Gasteiger partial charge < -0.3 is 14.4 Å². The molecule has 96 valence electrons. The zero-order valence-corrected chi connectivity index (χ0v) is 11.7. The molecule has 1 atom stereocenters. The van der Waals surface area contributed by atoms with Crippen LogP contribution in [0.5, 0.6) is 0 Å². The number of furan rings is 1. The van der Waals surface area contributed by atoms with Crippen molar-refractivity contribution in [2.24, 2.45) is 0 Å². The predicted molar refractivity (Wildman–Crippen MR) is 68.0 cm³/mol. The lowest BCUT2D eigenvalue weighted by Gasteiger charge is -2.25. The Morgan fingerprint density at radius 1 is 1.59 bits per heavy atom. The highest BCUT2D eigenvalue weighted by Crippen LogP contribution is 2.25. The first kappa shape index (κ1) is 14.2. The van der Waals surface area contributed by atoms with Gasteiger partial charge >= 0.3 is 5.97 Å². The van der Waals surface area contributed by atoms with E-state index in [1.165, 1.54) is 0 Å². The van der Waals surface area contributed by atoms with Gasteiger partial charge in [-0.2, -0.15) is 0 Å². The van der Waals surface area contributed by atoms with Crippen LogP contribution in [-0.2, 0) is 10.3 Å². The van der Waals surface area contributed by atoms with Crippen molar-refractivity contribution in [1.29, 1.82) is 0 Å². The standard InChI is InChI=1S/C11H17BrN2O3/c1-11(10(15)16,13-6-7-14(2)3)8-4-5-9(12)17-8/h4-5,13H,6-7H2,1-3H3,(H,15,16). The number of carboxylic acids is 1. The Kier molecular flexibility index (Phi) is 4.73. The summed E-state index contributed by atoms with van der Waals surface area (Å²) in [5.41, 5.74) is -1.21. The Hall–Kier alpha value is -0.850. The van der Waals surface area contributed by atoms with E-state index < -0.39 is 11.5 Å². The van der Waals surface area contributed by atoms with Crippen molar-refractivity contribution >= 4 is 21.9 Å². The van der Waals surface area contributed by atoms with Gasteiger partial charge in [0, 0.05) is 13.1 Å². The molecule has 0 bridgehead atoms. The van der Waals surface area contributed by atoms with Crippen molar-refractivity contribution in [3.63, 3.8) is 0 Å². The number of hydrogen-bond acceptors (Lipinski definition) is 4. The summed E-state index contributed by atoms with van der Waals surface area (Å²) in [7, 11) is 3.87. The number of carbonyl (C=O) groups is 1. The first-order chi connectivity index (χ1) is 7.86. The average Bonchev–Trinajstić information content (AvgIpc) is 2.64. The molecule has 0 fully saturated rings. The number of aliphatic carboxylic acids is 1. The van der Waals surface area contributed by atoms with Crippen molar-refractivity contribution in [3.8, 4) is 0 Å². The van der Waals surface area contributed by atoms with Gasteiger partial charge in [-0.1, -0.05) is 0 Å². The largest absolute Gasteiger partial charge is 0.480 e. The third kappa shape index (κ3) is 3.55. The molecule has 1 aromatic heterocycles. The molecule has 17 heavy (non-hydrogen) atoms. The molecule has 0 radical (unpaired) electrons. The van der Waals surface area contributed by atoms with Crippen molar-refractivity contribution in [3.05, 3.63) is 22.6 Å². The first-order valence-corrected chi connectivity index (χ1v) is 6.04. The summed E-state index contributed by atoms with van der Waals surface area (Å²) in [6.07, 6.45) is 0. The third-order valence-corrected chi connectivity index (χ3v) is 2.96. The average molecular weight is 305 g/mol. The summed E-state index contributed by atoms with van der Waals surface area (Å²) in [5.74, 6) is -0.575. The molecule has 0 saturated heterocycles. The van der Waals surface area contributed by atoms with E-state index in [9.17, 15) is 9.90 Å². The fourth-order valence-electron chi connectivity index (χ4n) is 1.38. The number of hydrogen-bond donors (Lipinski definition) is 2. The van der Waals surface area contributed by atoms with E-state index in [0.29, 0.717) is 17.0 Å². The smallest absolute Gasteiger partial charge is 0.331 e. The summed E-state index contributed by atoms with van der Waals surface area (Å²) in [4.78, 5) is 13.3. The van der Waals surface area contributed by atoms with Crippen LogP contribution in [0.25, 0.3) is 0 Å². The highest BCUT2D eigenvalue weighted by atomic mass is 79.9. The van der Waals surface area contributed by atoms with Gasteiger partial charge in [0.2, 0.25) is 0 Å². The predicted octanol–water partition coefficient (Wildman–Crippen LogP) is 1.49. The molecule has 0 saturated carbocycles. The number of likely N-dealkylation sites (N-methyl/N-ethyl adjacent to an activating group) is 1. The molecule has 1 aromatic rings. The fraction of sp³-hybridized carbons (Fsp3) is 0.545. The van der Waals surface area contributed by atoms with E-state index in [2.05, 4.69) is 21.2 Å². The summed E-state index contributed by atoms with van der Waals surface area (Å²) in [6.45, 7) is 2.91. The van der Waals surface area contributed by atoms with Crippen LogP contribution in [-0.4, -0.2) is 43.2 Å². The van der Waals surface area contributed by atoms with Crippen molar-refractivity contribution in [1.82, 2.24) is 10.2 Å². The first-order valence-electron chi connectivity index (χ1n) is 5.25. The molecular formula is C11H17BrN2O3. The molecule has 0 aromatic carbocycles. The van der Waals surface area contributed by atoms with Crippen LogP contribution >= 0.6 is 15.9 Å². The molecule has 2 N–H and O–H groups in total. The minimum Gasteiger partial charge on any atom is -0.480 e. The second kappa shape index (κ2) is 5.66. The van der Waals surface area contributed by atoms with Gasteiger partial charge in [-0.3, -0.25) is 5.32 Å². The van der Waals surface area contributed by atoms with Crippen molar-refractivity contribution in [2.45, 2.75) is 12.5 Å². The van der Waals surface area contributed by atoms with Crippen LogP contribution < -0.4 is 5.32 Å². The molecule has 0 aliphatic rings. The summed E-state index contributed by atoms with van der Waals surface area (Å²) in [6, 6.07) is 3.34. The Balaban J connectivity index is 2.79. The van der Waals surface area contributed by atoms with Crippen LogP contribution in [0, 0.1) is 0 Å². The van der Waals surface area contributed by atoms with Gasteiger partial charge in [-0.25, -0.2) is 4.79 Å². The summed E-state index contributed by atoms with van der Waals surface area (Å²) >= 11 is 3.17. The van der Waals surface area contributed by atoms with E-state index in [1.807, 2.05) is 19.0 Å². The molecule has 1 rings (SSSR count). The molecule has 6 heteroatoms. The normalized spacial score (nSPS) is 14.9. The van der Waals surface area contributed by atoms with Crippen LogP contribution in [0.4, 0.5) is 0 Å². The van der Waals surface area contributed by atoms with Crippen LogP contribution in [0.15, 0.2) is 21.2 Å². The SMILES string of the molecule is CN(C)CCNC(C)(C(=O)O)c1ccc(Br)o1. The topological polar surface area (TPSA) is 65.7 Å². The highest BCUT2D eigenvalue weighted by molar-refractivity contribution is 9.10. The quantitative estimate of drug-likeness (QED) is 0.833. The Morgan fingerprint density at radius 3 is 2.65 bits per heavy atom. The Morgan fingerprint density at radius 2 is 2.24 bits per heavy atom. The van der Waals surface area contributed by atoms with Crippen LogP contribution in [0.1, 0.15) is 12.7 Å². The number of nitrogens with zero attached hydrogens (tertiary/aromatic N) is 1. The summed E-state index contributed by atoms with van der Waals surface area (Å²) in [5, 5.41) is 12.3. The number of carboxylic acid groups (broad SMARTS) is 1. The number of rotatable bonds is 6.